The number of hydrogen-bond donors (Lipinski definition) is 3. The van der Waals surface area contributed by atoms with Gasteiger partial charge in [0.2, 0.25) is 0 Å². The van der Waals surface area contributed by atoms with Gasteiger partial charge >= 0.3 is 12.0 Å². The first-order chi connectivity index (χ1) is 17.1. The quantitative estimate of drug-likeness (QED) is 0.304. The summed E-state index contributed by atoms with van der Waals surface area (Å²) in [7, 11) is 1.38. The van der Waals surface area contributed by atoms with E-state index >= 15 is 0 Å². The van der Waals surface area contributed by atoms with Crippen LogP contribution in [0.1, 0.15) is 41.6 Å². The van der Waals surface area contributed by atoms with Gasteiger partial charge in [0.15, 0.2) is 0 Å². The Morgan fingerprint density at radius 2 is 2.03 bits per heavy atom. The van der Waals surface area contributed by atoms with Crippen molar-refractivity contribution in [1.82, 2.24) is 20.5 Å². The first-order valence-electron chi connectivity index (χ1n) is 12.3. The normalized spacial score (nSPS) is 15.0. The Morgan fingerprint density at radius 3 is 2.86 bits per heavy atom. The minimum absolute atomic E-state index is 0.127. The number of esters is 1. The second kappa shape index (κ2) is 11.7. The fourth-order valence-corrected chi connectivity index (χ4v) is 4.89. The average Bonchev–Trinajstić information content (AvgIpc) is 3.48. The smallest absolute Gasteiger partial charge is 0.330 e. The van der Waals surface area contributed by atoms with Crippen LogP contribution in [0.3, 0.4) is 0 Å². The first-order valence-corrected chi connectivity index (χ1v) is 12.3. The predicted molar refractivity (Wildman–Crippen MR) is 139 cm³/mol. The third-order valence-corrected chi connectivity index (χ3v) is 6.63. The highest BCUT2D eigenvalue weighted by Crippen LogP contribution is 2.36. The van der Waals surface area contributed by atoms with Crippen molar-refractivity contribution in [1.29, 1.82) is 0 Å². The summed E-state index contributed by atoms with van der Waals surface area (Å²) in [5.41, 5.74) is 6.11. The molecule has 7 heteroatoms. The fraction of sp³-hybridized carbons (Fsp3) is 0.357. The maximum Gasteiger partial charge on any atom is 0.330 e. The summed E-state index contributed by atoms with van der Waals surface area (Å²) in [6, 6.07) is 15.0. The fourth-order valence-electron chi connectivity index (χ4n) is 4.89. The number of aromatic nitrogens is 1. The number of fused-ring (bicyclic) bond motifs is 2. The molecular formula is C28H34N4O3. The second-order valence-electron chi connectivity index (χ2n) is 8.80. The van der Waals surface area contributed by atoms with Crippen LogP contribution >= 0.6 is 0 Å². The van der Waals surface area contributed by atoms with E-state index in [2.05, 4.69) is 63.1 Å². The molecule has 0 fully saturated rings. The molecule has 4 rings (SSSR count). The van der Waals surface area contributed by atoms with Crippen LogP contribution in [0.2, 0.25) is 0 Å². The largest absolute Gasteiger partial charge is 0.466 e. The lowest BCUT2D eigenvalue weighted by Gasteiger charge is -2.30. The number of nitrogens with zero attached hydrogens (tertiary/aromatic N) is 1. The van der Waals surface area contributed by atoms with Crippen molar-refractivity contribution in [3.8, 4) is 0 Å². The summed E-state index contributed by atoms with van der Waals surface area (Å²) < 4.78 is 4.70. The molecule has 0 spiro atoms. The predicted octanol–water partition coefficient (Wildman–Crippen LogP) is 4.21. The van der Waals surface area contributed by atoms with Crippen molar-refractivity contribution in [2.45, 2.75) is 32.2 Å². The Hall–Kier alpha value is -3.58. The van der Waals surface area contributed by atoms with Gasteiger partial charge in [-0.3, -0.25) is 4.90 Å². The van der Waals surface area contributed by atoms with Crippen LogP contribution in [0.15, 0.2) is 54.7 Å². The van der Waals surface area contributed by atoms with Crippen LogP contribution in [0, 0.1) is 0 Å². The third-order valence-electron chi connectivity index (χ3n) is 6.63. The SMILES string of the molecule is CCNC(=O)NCCN(CCc1c[nH]c2ccccc12)C1CCc2cc(C=CC(=O)OC)ccc21. The van der Waals surface area contributed by atoms with Crippen LogP contribution < -0.4 is 10.6 Å². The summed E-state index contributed by atoms with van der Waals surface area (Å²) >= 11 is 0. The Kier molecular flexibility index (Phi) is 8.21. The number of benzene rings is 2. The lowest BCUT2D eigenvalue weighted by atomic mass is 10.0. The third kappa shape index (κ3) is 6.11. The van der Waals surface area contributed by atoms with Gasteiger partial charge < -0.3 is 20.4 Å². The van der Waals surface area contributed by atoms with Crippen molar-refractivity contribution in [3.63, 3.8) is 0 Å². The Balaban J connectivity index is 1.49. The molecule has 2 amide bonds. The second-order valence-corrected chi connectivity index (χ2v) is 8.80. The summed E-state index contributed by atoms with van der Waals surface area (Å²) in [4.78, 5) is 29.2. The van der Waals surface area contributed by atoms with Crippen molar-refractivity contribution in [2.24, 2.45) is 0 Å². The van der Waals surface area contributed by atoms with E-state index in [0.29, 0.717) is 19.1 Å². The molecule has 0 saturated carbocycles. The lowest BCUT2D eigenvalue weighted by molar-refractivity contribution is -0.134. The number of H-pyrrole nitrogens is 1. The maximum absolute atomic E-state index is 11.9. The zero-order valence-electron chi connectivity index (χ0n) is 20.5. The molecule has 3 aromatic rings. The maximum atomic E-state index is 11.9. The molecule has 1 aliphatic rings. The number of carbonyl (C=O) groups excluding carboxylic acids is 2. The van der Waals surface area contributed by atoms with Gasteiger partial charge in [0.05, 0.1) is 7.11 Å². The highest BCUT2D eigenvalue weighted by Gasteiger charge is 2.28. The van der Waals surface area contributed by atoms with Gasteiger partial charge in [-0.1, -0.05) is 36.4 Å². The Bertz CT molecular complexity index is 1200. The van der Waals surface area contributed by atoms with E-state index in [-0.39, 0.29) is 12.0 Å². The van der Waals surface area contributed by atoms with Crippen molar-refractivity contribution < 1.29 is 14.3 Å². The number of methoxy groups -OCH3 is 1. The molecule has 35 heavy (non-hydrogen) atoms. The number of urea groups is 1. The van der Waals surface area contributed by atoms with Crippen LogP contribution in [0.25, 0.3) is 17.0 Å². The standard InChI is InChI=1S/C28H34N4O3/c1-3-29-28(34)30-15-17-32(16-14-22-19-31-25-7-5-4-6-23(22)25)26-12-10-21-18-20(8-11-24(21)26)9-13-27(33)35-2/h4-9,11,13,18-19,26,31H,3,10,12,14-17H2,1-2H3,(H2,29,30,34). The van der Waals surface area contributed by atoms with Crippen LogP contribution in [-0.4, -0.2) is 55.2 Å². The number of aromatic amines is 1. The summed E-state index contributed by atoms with van der Waals surface area (Å²) in [6.45, 7) is 4.78. The van der Waals surface area contributed by atoms with Crippen LogP contribution in [-0.2, 0) is 22.4 Å². The van der Waals surface area contributed by atoms with Crippen molar-refractivity contribution >= 4 is 29.0 Å². The molecule has 1 heterocycles. The lowest BCUT2D eigenvalue weighted by Crippen LogP contribution is -2.41. The monoisotopic (exact) mass is 474 g/mol. The number of aryl methyl sites for hydroxylation is 1. The summed E-state index contributed by atoms with van der Waals surface area (Å²) in [5, 5.41) is 7.04. The van der Waals surface area contributed by atoms with E-state index in [1.807, 2.05) is 13.0 Å². The number of rotatable bonds is 10. The van der Waals surface area contributed by atoms with Gasteiger partial charge in [-0.05, 0) is 60.6 Å². The minimum atomic E-state index is -0.355. The molecule has 0 aliphatic heterocycles. The molecule has 0 bridgehead atoms. The Labute approximate surface area is 206 Å². The number of carbonyl (C=O) groups is 2. The molecule has 3 N–H and O–H groups in total. The molecule has 1 atom stereocenters. The van der Waals surface area contributed by atoms with Gasteiger partial charge in [0.1, 0.15) is 0 Å². The van der Waals surface area contributed by atoms with Gasteiger partial charge in [-0.25, -0.2) is 9.59 Å². The van der Waals surface area contributed by atoms with Crippen LogP contribution in [0.5, 0.6) is 0 Å². The molecule has 0 radical (unpaired) electrons. The van der Waals surface area contributed by atoms with Gasteiger partial charge in [0, 0.05) is 55.4 Å². The van der Waals surface area contributed by atoms with E-state index in [0.717, 1.165) is 43.4 Å². The number of para-hydroxylation sites is 1. The molecule has 1 unspecified atom stereocenters. The topological polar surface area (TPSA) is 86.5 Å². The summed E-state index contributed by atoms with van der Waals surface area (Å²) in [5.74, 6) is -0.355. The molecule has 0 saturated heterocycles. The highest BCUT2D eigenvalue weighted by atomic mass is 16.5. The number of hydrogen-bond acceptors (Lipinski definition) is 4. The zero-order valence-corrected chi connectivity index (χ0v) is 20.5. The Morgan fingerprint density at radius 1 is 1.17 bits per heavy atom. The number of ether oxygens (including phenoxy) is 1. The molecule has 7 nitrogen and oxygen atoms in total. The molecule has 184 valence electrons. The van der Waals surface area contributed by atoms with E-state index in [4.69, 9.17) is 4.74 Å². The average molecular weight is 475 g/mol. The van der Waals surface area contributed by atoms with Gasteiger partial charge in [0.25, 0.3) is 0 Å². The summed E-state index contributed by atoms with van der Waals surface area (Å²) in [6.07, 6.45) is 8.32. The molecule has 1 aromatic heterocycles. The minimum Gasteiger partial charge on any atom is -0.466 e. The zero-order chi connectivity index (χ0) is 24.6. The van der Waals surface area contributed by atoms with E-state index in [1.54, 1.807) is 6.08 Å². The first kappa shape index (κ1) is 24.5. The highest BCUT2D eigenvalue weighted by molar-refractivity contribution is 5.87. The number of amides is 2. The van der Waals surface area contributed by atoms with Gasteiger partial charge in [-0.15, -0.1) is 0 Å². The molecule has 1 aliphatic carbocycles. The van der Waals surface area contributed by atoms with Crippen molar-refractivity contribution in [2.75, 3.05) is 33.3 Å². The van der Waals surface area contributed by atoms with E-state index < -0.39 is 0 Å². The van der Waals surface area contributed by atoms with Gasteiger partial charge in [-0.2, -0.15) is 0 Å². The molecule has 2 aromatic carbocycles. The van der Waals surface area contributed by atoms with E-state index in [9.17, 15) is 9.59 Å². The van der Waals surface area contributed by atoms with Crippen LogP contribution in [0.4, 0.5) is 4.79 Å². The molecular weight excluding hydrogens is 440 g/mol. The number of nitrogens with one attached hydrogen (secondary N) is 3. The van der Waals surface area contributed by atoms with Crippen molar-refractivity contribution in [3.05, 3.63) is 77.0 Å². The van der Waals surface area contributed by atoms with E-state index in [1.165, 1.54) is 35.3 Å².